The van der Waals surface area contributed by atoms with Crippen molar-refractivity contribution in [1.29, 1.82) is 0 Å². The van der Waals surface area contributed by atoms with Crippen LogP contribution in [0.5, 0.6) is 0 Å². The van der Waals surface area contributed by atoms with Crippen LogP contribution in [-0.2, 0) is 0 Å². The molecule has 12 rings (SSSR count). The van der Waals surface area contributed by atoms with Crippen molar-refractivity contribution in [1.82, 2.24) is 19.1 Å². The van der Waals surface area contributed by atoms with E-state index < -0.39 is 0 Å². The lowest BCUT2D eigenvalue weighted by Gasteiger charge is -2.17. The van der Waals surface area contributed by atoms with Crippen molar-refractivity contribution in [3.8, 4) is 34.2 Å². The highest BCUT2D eigenvalue weighted by molar-refractivity contribution is 6.45. The summed E-state index contributed by atoms with van der Waals surface area (Å²) < 4.78 is 4.89. The van der Waals surface area contributed by atoms with Crippen LogP contribution >= 0.6 is 0 Å². The van der Waals surface area contributed by atoms with Crippen LogP contribution in [-0.4, -0.2) is 19.1 Å². The van der Waals surface area contributed by atoms with Crippen molar-refractivity contribution in [2.24, 2.45) is 0 Å². The van der Waals surface area contributed by atoms with Gasteiger partial charge in [0.05, 0.1) is 27.8 Å². The highest BCUT2D eigenvalue weighted by Crippen LogP contribution is 2.50. The Bertz CT molecular complexity index is 3450. The summed E-state index contributed by atoms with van der Waals surface area (Å²) in [6.45, 7) is 0. The van der Waals surface area contributed by atoms with Crippen molar-refractivity contribution < 1.29 is 0 Å². The summed E-state index contributed by atoms with van der Waals surface area (Å²) in [4.78, 5) is 10.7. The molecule has 0 N–H and O–H groups in total. The molecule has 3 heterocycles. The van der Waals surface area contributed by atoms with E-state index in [9.17, 15) is 0 Å². The molecule has 0 saturated carbocycles. The quantitative estimate of drug-likeness (QED) is 0.170. The molecule has 260 valence electrons. The molecule has 0 fully saturated rings. The van der Waals surface area contributed by atoms with Crippen LogP contribution in [0.3, 0.4) is 0 Å². The minimum Gasteiger partial charge on any atom is -0.307 e. The second-order valence-electron chi connectivity index (χ2n) is 14.5. The van der Waals surface area contributed by atoms with Crippen molar-refractivity contribution in [2.75, 3.05) is 0 Å². The standard InChI is InChI=1S/C52H32N4/c1-4-18-33(19-5-1)42-32-45(54-52(53-42)34-20-6-2-7-21-34)56-44-31-17-15-29-41(44)49-47-39-27-13-11-25-37(39)36-24-10-12-26-38(36)46(47)48-40-28-14-16-30-43(40)55(50(48)51(49)56)35-22-8-3-9-23-35/h1-32H. The maximum absolute atomic E-state index is 5.47. The zero-order valence-corrected chi connectivity index (χ0v) is 30.3. The van der Waals surface area contributed by atoms with Crippen molar-refractivity contribution in [3.05, 3.63) is 194 Å². The van der Waals surface area contributed by atoms with Gasteiger partial charge in [-0.15, -0.1) is 0 Å². The largest absolute Gasteiger partial charge is 0.307 e. The van der Waals surface area contributed by atoms with Crippen LogP contribution in [0.25, 0.3) is 110 Å². The van der Waals surface area contributed by atoms with Gasteiger partial charge in [-0.1, -0.05) is 164 Å². The molecule has 0 unspecified atom stereocenters. The fourth-order valence-electron chi connectivity index (χ4n) is 9.20. The molecular weight excluding hydrogens is 681 g/mol. The lowest BCUT2D eigenvalue weighted by molar-refractivity contribution is 1.05. The number of hydrogen-bond donors (Lipinski definition) is 0. The van der Waals surface area contributed by atoms with Gasteiger partial charge >= 0.3 is 0 Å². The summed E-state index contributed by atoms with van der Waals surface area (Å²) in [6.07, 6.45) is 0. The summed E-state index contributed by atoms with van der Waals surface area (Å²) in [6, 6.07) is 69.4. The molecule has 3 aromatic heterocycles. The molecule has 0 aliphatic heterocycles. The number of rotatable bonds is 4. The van der Waals surface area contributed by atoms with Gasteiger partial charge in [-0.3, -0.25) is 4.57 Å². The lowest BCUT2D eigenvalue weighted by atomic mass is 9.89. The van der Waals surface area contributed by atoms with Crippen LogP contribution in [0.15, 0.2) is 194 Å². The fraction of sp³-hybridized carbons (Fsp3) is 0. The van der Waals surface area contributed by atoms with E-state index in [4.69, 9.17) is 9.97 Å². The van der Waals surface area contributed by atoms with E-state index >= 15 is 0 Å². The van der Waals surface area contributed by atoms with Gasteiger partial charge in [-0.05, 0) is 45.8 Å². The highest BCUT2D eigenvalue weighted by Gasteiger charge is 2.27. The average molecular weight is 713 g/mol. The van der Waals surface area contributed by atoms with Crippen LogP contribution < -0.4 is 0 Å². The van der Waals surface area contributed by atoms with Gasteiger partial charge in [0.25, 0.3) is 0 Å². The number of benzene rings is 9. The summed E-state index contributed by atoms with van der Waals surface area (Å²) in [5, 5.41) is 12.4. The first-order valence-electron chi connectivity index (χ1n) is 19.1. The van der Waals surface area contributed by atoms with Crippen LogP contribution in [0.4, 0.5) is 0 Å². The Morgan fingerprint density at radius 2 is 0.750 bits per heavy atom. The van der Waals surface area contributed by atoms with Crippen molar-refractivity contribution >= 4 is 75.9 Å². The van der Waals surface area contributed by atoms with Gasteiger partial charge in [0, 0.05) is 55.2 Å². The van der Waals surface area contributed by atoms with Gasteiger partial charge in [0.2, 0.25) is 0 Å². The highest BCUT2D eigenvalue weighted by atomic mass is 15.1. The first-order chi connectivity index (χ1) is 27.8. The van der Waals surface area contributed by atoms with Crippen LogP contribution in [0.2, 0.25) is 0 Å². The Labute approximate surface area is 322 Å². The van der Waals surface area contributed by atoms with Gasteiger partial charge < -0.3 is 4.57 Å². The SMILES string of the molecule is c1ccc(-c2cc(-n3c4ccccc4c4c5c6ccccc6c6ccccc6c5c5c6ccccc6n(-c6ccccc6)c5c43)nc(-c3ccccc3)n2)cc1. The topological polar surface area (TPSA) is 35.6 Å². The molecule has 0 atom stereocenters. The Morgan fingerprint density at radius 3 is 1.32 bits per heavy atom. The van der Waals surface area contributed by atoms with Crippen LogP contribution in [0, 0.1) is 0 Å². The Kier molecular flexibility index (Phi) is 6.60. The van der Waals surface area contributed by atoms with E-state index in [-0.39, 0.29) is 0 Å². The number of para-hydroxylation sites is 3. The Hall–Kier alpha value is -7.56. The smallest absolute Gasteiger partial charge is 0.162 e. The summed E-state index contributed by atoms with van der Waals surface area (Å²) in [7, 11) is 0. The number of hydrogen-bond acceptors (Lipinski definition) is 2. The molecule has 4 heteroatoms. The van der Waals surface area contributed by atoms with Gasteiger partial charge in [0.15, 0.2) is 5.82 Å². The van der Waals surface area contributed by atoms with Gasteiger partial charge in [0.1, 0.15) is 5.82 Å². The lowest BCUT2D eigenvalue weighted by Crippen LogP contribution is -2.04. The van der Waals surface area contributed by atoms with E-state index in [2.05, 4.69) is 197 Å². The first kappa shape index (κ1) is 30.9. The van der Waals surface area contributed by atoms with Crippen LogP contribution in [0.1, 0.15) is 0 Å². The predicted octanol–water partition coefficient (Wildman–Crippen LogP) is 13.5. The second-order valence-corrected chi connectivity index (χ2v) is 14.5. The molecule has 0 radical (unpaired) electrons. The van der Waals surface area contributed by atoms with E-state index in [0.29, 0.717) is 5.82 Å². The second kappa shape index (κ2) is 12.0. The molecule has 4 nitrogen and oxygen atoms in total. The third kappa shape index (κ3) is 4.35. The molecule has 0 saturated heterocycles. The zero-order valence-electron chi connectivity index (χ0n) is 30.3. The third-order valence-corrected chi connectivity index (χ3v) is 11.5. The molecule has 12 aromatic rings. The third-order valence-electron chi connectivity index (χ3n) is 11.5. The van der Waals surface area contributed by atoms with Gasteiger partial charge in [-0.2, -0.15) is 0 Å². The maximum Gasteiger partial charge on any atom is 0.162 e. The molecule has 0 aliphatic carbocycles. The number of nitrogens with zero attached hydrogens (tertiary/aromatic N) is 4. The fourth-order valence-corrected chi connectivity index (χ4v) is 9.20. The molecule has 0 aliphatic rings. The van der Waals surface area contributed by atoms with E-state index in [1.165, 1.54) is 53.9 Å². The molecule has 0 amide bonds. The molecule has 56 heavy (non-hydrogen) atoms. The molecule has 0 spiro atoms. The monoisotopic (exact) mass is 712 g/mol. The maximum atomic E-state index is 5.47. The van der Waals surface area contributed by atoms with E-state index in [1.807, 2.05) is 6.07 Å². The van der Waals surface area contributed by atoms with Gasteiger partial charge in [-0.25, -0.2) is 9.97 Å². The summed E-state index contributed by atoms with van der Waals surface area (Å²) >= 11 is 0. The zero-order chi connectivity index (χ0) is 36.7. The summed E-state index contributed by atoms with van der Waals surface area (Å²) in [5.74, 6) is 1.50. The summed E-state index contributed by atoms with van der Waals surface area (Å²) in [5.41, 5.74) is 8.52. The minimum atomic E-state index is 0.685. The Morgan fingerprint density at radius 1 is 0.321 bits per heavy atom. The molecular formula is C52H32N4. The predicted molar refractivity (Wildman–Crippen MR) is 234 cm³/mol. The average Bonchev–Trinajstić information content (AvgIpc) is 3.81. The molecule has 0 bridgehead atoms. The first-order valence-corrected chi connectivity index (χ1v) is 19.1. The number of fused-ring (bicyclic) bond motifs is 15. The number of aromatic nitrogens is 4. The van der Waals surface area contributed by atoms with Crippen molar-refractivity contribution in [2.45, 2.75) is 0 Å². The van der Waals surface area contributed by atoms with E-state index in [1.54, 1.807) is 0 Å². The Balaban J connectivity index is 1.40. The van der Waals surface area contributed by atoms with Crippen molar-refractivity contribution in [3.63, 3.8) is 0 Å². The normalized spacial score (nSPS) is 11.9. The minimum absolute atomic E-state index is 0.685. The molecule has 9 aromatic carbocycles. The van der Waals surface area contributed by atoms with E-state index in [0.717, 1.165) is 50.4 Å².